The van der Waals surface area contributed by atoms with Crippen LogP contribution in [0.25, 0.3) is 10.9 Å². The van der Waals surface area contributed by atoms with Crippen LogP contribution in [0.4, 0.5) is 16.3 Å². The van der Waals surface area contributed by atoms with Gasteiger partial charge in [-0.2, -0.15) is 0 Å². The number of hydrogen-bond acceptors (Lipinski definition) is 11. The van der Waals surface area contributed by atoms with Crippen LogP contribution in [-0.2, 0) is 15.0 Å². The lowest BCUT2D eigenvalue weighted by Crippen LogP contribution is -2.36. The number of likely N-dealkylation sites (N-methyl/N-ethyl adjacent to an activating group) is 1. The van der Waals surface area contributed by atoms with E-state index >= 15 is 0 Å². The maximum Gasteiger partial charge on any atom is 0.361 e. The van der Waals surface area contributed by atoms with E-state index in [9.17, 15) is 9.59 Å². The number of carbonyl (C=O) groups excluding carboxylic acids is 2. The predicted octanol–water partition coefficient (Wildman–Crippen LogP) is 5.32. The molecule has 0 aliphatic carbocycles. The number of anilines is 2. The Bertz CT molecular complexity index is 1630. The quantitative estimate of drug-likeness (QED) is 0.280. The number of hydrogen-bond donors (Lipinski definition) is 1. The van der Waals surface area contributed by atoms with Gasteiger partial charge in [0.15, 0.2) is 11.5 Å². The average molecular weight is 591 g/mol. The van der Waals surface area contributed by atoms with Crippen LogP contribution < -0.4 is 24.6 Å². The highest BCUT2D eigenvalue weighted by Gasteiger charge is 2.28. The molecule has 0 unspecified atom stereocenters. The Morgan fingerprint density at radius 2 is 1.93 bits per heavy atom. The Hall–Kier alpha value is -4.91. The van der Waals surface area contributed by atoms with Gasteiger partial charge in [0, 0.05) is 49.3 Å². The van der Waals surface area contributed by atoms with Crippen molar-refractivity contribution in [2.45, 2.75) is 45.6 Å². The zero-order valence-corrected chi connectivity index (χ0v) is 24.9. The fourth-order valence-electron chi connectivity index (χ4n) is 4.50. The molecule has 1 saturated heterocycles. The molecule has 1 atom stereocenters. The van der Waals surface area contributed by atoms with Gasteiger partial charge in [0.2, 0.25) is 11.7 Å². The molecule has 13 nitrogen and oxygen atoms in total. The Labute approximate surface area is 248 Å². The van der Waals surface area contributed by atoms with Gasteiger partial charge in [-0.1, -0.05) is 37.1 Å². The van der Waals surface area contributed by atoms with Crippen LogP contribution in [0.1, 0.15) is 39.9 Å². The molecule has 2 amide bonds. The minimum Gasteiger partial charge on any atom is -0.493 e. The Balaban J connectivity index is 1.35. The molecule has 0 radical (unpaired) electrons. The first-order valence-corrected chi connectivity index (χ1v) is 13.7. The molecule has 43 heavy (non-hydrogen) atoms. The SMILES string of the molecule is COc1cc2c(Oc3cccc(NC(=O)N(OC(C)=O)c4cc(C(C)(C)C)on4)c3)ncnc2cc1O[C@H]1CCN(C)C1. The standard InChI is InChI=1S/C30H34N6O7/c1-18(37)43-36(27-15-26(42-34-27)30(2,3)4)29(38)33-19-8-7-9-20(12-19)41-28-22-13-24(39-6)25(14-23(22)31-17-32-28)40-21-10-11-35(5)16-21/h7-9,12-15,17,21H,10-11,16H2,1-6H3,(H,33,38)/t21-/m0/s1. The van der Waals surface area contributed by atoms with Crippen molar-refractivity contribution in [3.63, 3.8) is 0 Å². The lowest BCUT2D eigenvalue weighted by atomic mass is 9.93. The van der Waals surface area contributed by atoms with Crippen LogP contribution in [-0.4, -0.2) is 65.4 Å². The topological polar surface area (TPSA) is 141 Å². The van der Waals surface area contributed by atoms with E-state index in [1.165, 1.54) is 13.3 Å². The van der Waals surface area contributed by atoms with Gasteiger partial charge in [0.1, 0.15) is 23.9 Å². The summed E-state index contributed by atoms with van der Waals surface area (Å²) in [6.45, 7) is 8.78. The second kappa shape index (κ2) is 12.1. The number of rotatable bonds is 7. The molecule has 2 aromatic heterocycles. The van der Waals surface area contributed by atoms with Crippen molar-refractivity contribution < 1.29 is 33.2 Å². The van der Waals surface area contributed by atoms with Crippen molar-refractivity contribution in [1.82, 2.24) is 20.0 Å². The third-order valence-corrected chi connectivity index (χ3v) is 6.68. The van der Waals surface area contributed by atoms with E-state index in [0.29, 0.717) is 39.6 Å². The predicted molar refractivity (Wildman–Crippen MR) is 158 cm³/mol. The fraction of sp³-hybridized carbons (Fsp3) is 0.367. The number of benzene rings is 2. The number of nitrogens with zero attached hydrogens (tertiary/aromatic N) is 5. The third-order valence-electron chi connectivity index (χ3n) is 6.68. The highest BCUT2D eigenvalue weighted by Crippen LogP contribution is 2.37. The number of amides is 2. The molecule has 13 heteroatoms. The number of nitrogens with one attached hydrogen (secondary N) is 1. The molecule has 1 aliphatic heterocycles. The minimum absolute atomic E-state index is 0.0229. The summed E-state index contributed by atoms with van der Waals surface area (Å²) in [5.41, 5.74) is 0.620. The van der Waals surface area contributed by atoms with Crippen LogP contribution in [0.5, 0.6) is 23.1 Å². The molecule has 1 N–H and O–H groups in total. The van der Waals surface area contributed by atoms with E-state index in [0.717, 1.165) is 24.6 Å². The first-order chi connectivity index (χ1) is 20.5. The van der Waals surface area contributed by atoms with Gasteiger partial charge in [-0.25, -0.2) is 19.6 Å². The molecule has 3 heterocycles. The molecule has 1 aliphatic rings. The molecule has 2 aromatic carbocycles. The number of ether oxygens (including phenoxy) is 3. The molecule has 4 aromatic rings. The van der Waals surface area contributed by atoms with Gasteiger partial charge in [0.25, 0.3) is 0 Å². The molecule has 0 saturated carbocycles. The van der Waals surface area contributed by atoms with Crippen molar-refractivity contribution in [3.05, 3.63) is 54.6 Å². The van der Waals surface area contributed by atoms with Gasteiger partial charge < -0.3 is 33.8 Å². The van der Waals surface area contributed by atoms with Crippen molar-refractivity contribution in [2.75, 3.05) is 37.6 Å². The Morgan fingerprint density at radius 1 is 1.12 bits per heavy atom. The number of aromatic nitrogens is 3. The summed E-state index contributed by atoms with van der Waals surface area (Å²) in [7, 11) is 3.64. The van der Waals surface area contributed by atoms with Crippen molar-refractivity contribution in [1.29, 1.82) is 0 Å². The fourth-order valence-corrected chi connectivity index (χ4v) is 4.50. The van der Waals surface area contributed by atoms with E-state index < -0.39 is 12.0 Å². The molecular formula is C30H34N6O7. The van der Waals surface area contributed by atoms with Crippen molar-refractivity contribution >= 4 is 34.4 Å². The molecular weight excluding hydrogens is 556 g/mol. The molecule has 0 bridgehead atoms. The third kappa shape index (κ3) is 6.95. The second-order valence-corrected chi connectivity index (χ2v) is 11.2. The number of likely N-dealkylation sites (tertiary alicyclic amines) is 1. The summed E-state index contributed by atoms with van der Waals surface area (Å²) in [5.74, 6) is 1.65. The smallest absolute Gasteiger partial charge is 0.361 e. The zero-order chi connectivity index (χ0) is 30.7. The summed E-state index contributed by atoms with van der Waals surface area (Å²) in [4.78, 5) is 41.0. The molecule has 0 spiro atoms. The number of methoxy groups -OCH3 is 1. The van der Waals surface area contributed by atoms with Gasteiger partial charge in [0.05, 0.1) is 18.0 Å². The molecule has 5 rings (SSSR count). The first-order valence-electron chi connectivity index (χ1n) is 13.7. The maximum atomic E-state index is 13.2. The van der Waals surface area contributed by atoms with Gasteiger partial charge in [-0.05, 0) is 31.7 Å². The number of hydroxylamine groups is 1. The number of carbonyl (C=O) groups is 2. The largest absolute Gasteiger partial charge is 0.493 e. The van der Waals surface area contributed by atoms with Crippen molar-refractivity contribution in [2.24, 2.45) is 0 Å². The highest BCUT2D eigenvalue weighted by molar-refractivity contribution is 6.00. The van der Waals surface area contributed by atoms with Crippen LogP contribution >= 0.6 is 0 Å². The van der Waals surface area contributed by atoms with E-state index in [4.69, 9.17) is 23.6 Å². The van der Waals surface area contributed by atoms with Crippen LogP contribution in [0.2, 0.25) is 0 Å². The summed E-state index contributed by atoms with van der Waals surface area (Å²) in [6, 6.07) is 11.0. The zero-order valence-electron chi connectivity index (χ0n) is 24.9. The van der Waals surface area contributed by atoms with Crippen molar-refractivity contribution in [3.8, 4) is 23.1 Å². The van der Waals surface area contributed by atoms with Gasteiger partial charge >= 0.3 is 12.0 Å². The van der Waals surface area contributed by atoms with Crippen LogP contribution in [0.15, 0.2) is 53.3 Å². The normalized spacial score (nSPS) is 15.3. The van der Waals surface area contributed by atoms with E-state index in [2.05, 4.69) is 32.4 Å². The molecule has 226 valence electrons. The van der Waals surface area contributed by atoms with Gasteiger partial charge in [-0.15, -0.1) is 0 Å². The monoisotopic (exact) mass is 590 g/mol. The number of fused-ring (bicyclic) bond motifs is 1. The summed E-state index contributed by atoms with van der Waals surface area (Å²) in [5, 5.41) is 7.96. The summed E-state index contributed by atoms with van der Waals surface area (Å²) >= 11 is 0. The lowest BCUT2D eigenvalue weighted by Gasteiger charge is -2.18. The van der Waals surface area contributed by atoms with Crippen LogP contribution in [0, 0.1) is 0 Å². The van der Waals surface area contributed by atoms with E-state index in [1.807, 2.05) is 26.8 Å². The summed E-state index contributed by atoms with van der Waals surface area (Å²) in [6.07, 6.45) is 2.40. The Morgan fingerprint density at radius 3 is 2.60 bits per heavy atom. The second-order valence-electron chi connectivity index (χ2n) is 11.2. The maximum absolute atomic E-state index is 13.2. The van der Waals surface area contributed by atoms with E-state index in [1.54, 1.807) is 43.5 Å². The summed E-state index contributed by atoms with van der Waals surface area (Å²) < 4.78 is 23.3. The minimum atomic E-state index is -0.765. The lowest BCUT2D eigenvalue weighted by molar-refractivity contribution is -0.141. The highest BCUT2D eigenvalue weighted by atomic mass is 16.7. The Kier molecular flexibility index (Phi) is 8.35. The average Bonchev–Trinajstić information content (AvgIpc) is 3.61. The first kappa shape index (κ1) is 29.6. The van der Waals surface area contributed by atoms with Crippen LogP contribution in [0.3, 0.4) is 0 Å². The van der Waals surface area contributed by atoms with E-state index in [-0.39, 0.29) is 23.2 Å². The van der Waals surface area contributed by atoms with Gasteiger partial charge in [-0.3, -0.25) is 0 Å². The molecule has 1 fully saturated rings. The number of urea groups is 1.